The van der Waals surface area contributed by atoms with Crippen molar-refractivity contribution in [3.05, 3.63) is 23.9 Å². The zero-order valence-corrected chi connectivity index (χ0v) is 14.4. The Kier molecular flexibility index (Phi) is 5.52. The zero-order chi connectivity index (χ0) is 16.9. The molecule has 0 spiro atoms. The summed E-state index contributed by atoms with van der Waals surface area (Å²) in [6.07, 6.45) is 1.94. The number of anilines is 1. The summed E-state index contributed by atoms with van der Waals surface area (Å²) in [5, 5.41) is 3.02. The number of amides is 2. The van der Waals surface area contributed by atoms with Crippen molar-refractivity contribution in [2.75, 3.05) is 44.3 Å². The van der Waals surface area contributed by atoms with Gasteiger partial charge in [0.1, 0.15) is 5.82 Å². The summed E-state index contributed by atoms with van der Waals surface area (Å²) in [6.45, 7) is 8.80. The summed E-state index contributed by atoms with van der Waals surface area (Å²) < 4.78 is 11.1. The molecule has 2 amide bonds. The van der Waals surface area contributed by atoms with Crippen LogP contribution in [0.1, 0.15) is 19.4 Å². The molecule has 0 aromatic carbocycles. The number of aromatic nitrogens is 1. The molecule has 1 aromatic heterocycles. The highest BCUT2D eigenvalue weighted by Gasteiger charge is 2.26. The van der Waals surface area contributed by atoms with Crippen LogP contribution in [0.25, 0.3) is 0 Å². The highest BCUT2D eigenvalue weighted by molar-refractivity contribution is 5.74. The van der Waals surface area contributed by atoms with Crippen LogP contribution in [0.4, 0.5) is 10.6 Å². The molecule has 132 valence electrons. The summed E-state index contributed by atoms with van der Waals surface area (Å²) >= 11 is 0. The Bertz CT molecular complexity index is 553. The summed E-state index contributed by atoms with van der Waals surface area (Å²) in [5.74, 6) is 0.935. The van der Waals surface area contributed by atoms with Gasteiger partial charge in [0.25, 0.3) is 0 Å². The van der Waals surface area contributed by atoms with Gasteiger partial charge in [-0.25, -0.2) is 9.78 Å². The standard InChI is InChI=1S/C17H26N4O3/c1-13-11-21(12-14(2)24-13)17(22)19-10-15-4-3-5-18-16(15)20-6-8-23-9-7-20/h3-5,13-14H,6-12H2,1-2H3,(H,19,22). The van der Waals surface area contributed by atoms with Crippen LogP contribution in [0.5, 0.6) is 0 Å². The maximum Gasteiger partial charge on any atom is 0.317 e. The second kappa shape index (κ2) is 7.81. The summed E-state index contributed by atoms with van der Waals surface area (Å²) in [7, 11) is 0. The first kappa shape index (κ1) is 17.0. The Balaban J connectivity index is 1.61. The van der Waals surface area contributed by atoms with Crippen molar-refractivity contribution in [2.24, 2.45) is 0 Å². The lowest BCUT2D eigenvalue weighted by Crippen LogP contribution is -2.51. The van der Waals surface area contributed by atoms with E-state index in [1.54, 1.807) is 6.20 Å². The number of nitrogens with zero attached hydrogens (tertiary/aromatic N) is 3. The summed E-state index contributed by atoms with van der Waals surface area (Å²) in [6, 6.07) is 3.88. The molecule has 7 nitrogen and oxygen atoms in total. The van der Waals surface area contributed by atoms with Gasteiger partial charge in [-0.3, -0.25) is 0 Å². The van der Waals surface area contributed by atoms with Gasteiger partial charge in [-0.05, 0) is 19.9 Å². The number of carbonyl (C=O) groups excluding carboxylic acids is 1. The number of urea groups is 1. The maximum absolute atomic E-state index is 12.5. The molecule has 2 unspecified atom stereocenters. The average molecular weight is 334 g/mol. The first-order chi connectivity index (χ1) is 11.6. The third-order valence-corrected chi connectivity index (χ3v) is 4.32. The van der Waals surface area contributed by atoms with Crippen molar-refractivity contribution in [3.8, 4) is 0 Å². The monoisotopic (exact) mass is 334 g/mol. The minimum Gasteiger partial charge on any atom is -0.378 e. The van der Waals surface area contributed by atoms with E-state index in [2.05, 4.69) is 15.2 Å². The maximum atomic E-state index is 12.5. The van der Waals surface area contributed by atoms with Gasteiger partial charge in [0.05, 0.1) is 25.4 Å². The fourth-order valence-electron chi connectivity index (χ4n) is 3.25. The average Bonchev–Trinajstić information content (AvgIpc) is 2.60. The fraction of sp³-hybridized carbons (Fsp3) is 0.647. The van der Waals surface area contributed by atoms with Crippen LogP contribution < -0.4 is 10.2 Å². The van der Waals surface area contributed by atoms with E-state index in [0.717, 1.165) is 24.5 Å². The molecule has 2 saturated heterocycles. The van der Waals surface area contributed by atoms with Crippen LogP contribution in [0, 0.1) is 0 Å². The highest BCUT2D eigenvalue weighted by atomic mass is 16.5. The van der Waals surface area contributed by atoms with Gasteiger partial charge < -0.3 is 24.6 Å². The molecule has 3 rings (SSSR count). The van der Waals surface area contributed by atoms with Crippen molar-refractivity contribution < 1.29 is 14.3 Å². The highest BCUT2D eigenvalue weighted by Crippen LogP contribution is 2.18. The van der Waals surface area contributed by atoms with Gasteiger partial charge in [-0.15, -0.1) is 0 Å². The van der Waals surface area contributed by atoms with Crippen LogP contribution >= 0.6 is 0 Å². The number of hydrogen-bond acceptors (Lipinski definition) is 5. The van der Waals surface area contributed by atoms with Gasteiger partial charge in [0.15, 0.2) is 0 Å². The number of morpholine rings is 2. The SMILES string of the molecule is CC1CN(C(=O)NCc2cccnc2N2CCOCC2)CC(C)O1. The number of ether oxygens (including phenoxy) is 2. The minimum atomic E-state index is -0.0474. The lowest BCUT2D eigenvalue weighted by atomic mass is 10.2. The second-order valence-corrected chi connectivity index (χ2v) is 6.41. The van der Waals surface area contributed by atoms with E-state index in [1.165, 1.54) is 0 Å². The molecule has 0 aliphatic carbocycles. The van der Waals surface area contributed by atoms with E-state index in [0.29, 0.717) is 32.8 Å². The zero-order valence-electron chi connectivity index (χ0n) is 14.4. The van der Waals surface area contributed by atoms with E-state index in [9.17, 15) is 4.79 Å². The van der Waals surface area contributed by atoms with E-state index < -0.39 is 0 Å². The number of nitrogens with one attached hydrogen (secondary N) is 1. The quantitative estimate of drug-likeness (QED) is 0.901. The van der Waals surface area contributed by atoms with Crippen molar-refractivity contribution in [3.63, 3.8) is 0 Å². The molecule has 1 aromatic rings. The van der Waals surface area contributed by atoms with Crippen molar-refractivity contribution >= 4 is 11.8 Å². The van der Waals surface area contributed by atoms with Crippen LogP contribution in [0.3, 0.4) is 0 Å². The molecule has 2 aliphatic rings. The molecule has 0 bridgehead atoms. The van der Waals surface area contributed by atoms with E-state index in [1.807, 2.05) is 30.9 Å². The van der Waals surface area contributed by atoms with Crippen LogP contribution in [0.2, 0.25) is 0 Å². The molecule has 7 heteroatoms. The Labute approximate surface area is 142 Å². The van der Waals surface area contributed by atoms with E-state index >= 15 is 0 Å². The molecule has 2 fully saturated rings. The predicted molar refractivity (Wildman–Crippen MR) is 91.1 cm³/mol. The first-order valence-electron chi connectivity index (χ1n) is 8.58. The normalized spacial score (nSPS) is 24.8. The second-order valence-electron chi connectivity index (χ2n) is 6.41. The smallest absolute Gasteiger partial charge is 0.317 e. The van der Waals surface area contributed by atoms with Gasteiger partial charge in [0, 0.05) is 44.5 Å². The van der Waals surface area contributed by atoms with Gasteiger partial charge in [0.2, 0.25) is 0 Å². The first-order valence-corrected chi connectivity index (χ1v) is 8.58. The Hall–Kier alpha value is -1.86. The summed E-state index contributed by atoms with van der Waals surface area (Å²) in [4.78, 5) is 21.0. The minimum absolute atomic E-state index is 0.0474. The third-order valence-electron chi connectivity index (χ3n) is 4.32. The van der Waals surface area contributed by atoms with Crippen molar-refractivity contribution in [1.29, 1.82) is 0 Å². The Morgan fingerprint density at radius 1 is 1.29 bits per heavy atom. The number of rotatable bonds is 3. The Morgan fingerprint density at radius 3 is 2.71 bits per heavy atom. The molecule has 0 saturated carbocycles. The van der Waals surface area contributed by atoms with Crippen LogP contribution in [-0.2, 0) is 16.0 Å². The lowest BCUT2D eigenvalue weighted by Gasteiger charge is -2.35. The third kappa shape index (κ3) is 4.15. The topological polar surface area (TPSA) is 66.9 Å². The van der Waals surface area contributed by atoms with Crippen LogP contribution in [0.15, 0.2) is 18.3 Å². The number of hydrogen-bond donors (Lipinski definition) is 1. The molecule has 2 aliphatic heterocycles. The fourth-order valence-corrected chi connectivity index (χ4v) is 3.25. The Morgan fingerprint density at radius 2 is 2.00 bits per heavy atom. The molecule has 3 heterocycles. The van der Waals surface area contributed by atoms with Crippen LogP contribution in [-0.4, -0.2) is 67.5 Å². The predicted octanol–water partition coefficient (Wildman–Crippen LogP) is 1.24. The number of carbonyl (C=O) groups is 1. The van der Waals surface area contributed by atoms with E-state index in [4.69, 9.17) is 9.47 Å². The van der Waals surface area contributed by atoms with Gasteiger partial charge in [-0.1, -0.05) is 6.07 Å². The molecule has 1 N–H and O–H groups in total. The van der Waals surface area contributed by atoms with Gasteiger partial charge in [-0.2, -0.15) is 0 Å². The van der Waals surface area contributed by atoms with E-state index in [-0.39, 0.29) is 18.2 Å². The molecular weight excluding hydrogens is 308 g/mol. The molecular formula is C17H26N4O3. The largest absolute Gasteiger partial charge is 0.378 e. The molecule has 0 radical (unpaired) electrons. The molecule has 2 atom stereocenters. The van der Waals surface area contributed by atoms with Crippen molar-refractivity contribution in [2.45, 2.75) is 32.6 Å². The van der Waals surface area contributed by atoms with Crippen molar-refractivity contribution in [1.82, 2.24) is 15.2 Å². The summed E-state index contributed by atoms with van der Waals surface area (Å²) in [5.41, 5.74) is 1.03. The van der Waals surface area contributed by atoms with Gasteiger partial charge >= 0.3 is 6.03 Å². The lowest BCUT2D eigenvalue weighted by molar-refractivity contribution is -0.0545. The molecule has 24 heavy (non-hydrogen) atoms. The number of pyridine rings is 1.